The maximum atomic E-state index is 5.59. The average molecular weight is 168 g/mol. The monoisotopic (exact) mass is 168 g/mol. The molecule has 2 heteroatoms. The van der Waals surface area contributed by atoms with Crippen LogP contribution in [0.2, 0.25) is 0 Å². The molecule has 0 amide bonds. The van der Waals surface area contributed by atoms with Crippen LogP contribution in [0.5, 0.6) is 0 Å². The van der Waals surface area contributed by atoms with Gasteiger partial charge in [0.2, 0.25) is 0 Å². The van der Waals surface area contributed by atoms with Gasteiger partial charge in [0.15, 0.2) is 0 Å². The van der Waals surface area contributed by atoms with E-state index in [1.54, 1.807) is 0 Å². The van der Waals surface area contributed by atoms with E-state index in [0.717, 1.165) is 0 Å². The molecule has 0 bridgehead atoms. The van der Waals surface area contributed by atoms with Gasteiger partial charge in [0, 0.05) is 0 Å². The van der Waals surface area contributed by atoms with Gasteiger partial charge < -0.3 is 9.47 Å². The van der Waals surface area contributed by atoms with E-state index in [4.69, 9.17) is 9.47 Å². The highest BCUT2D eigenvalue weighted by Crippen LogP contribution is 2.51. The number of hydrogen-bond acceptors (Lipinski definition) is 2. The Morgan fingerprint density at radius 2 is 1.67 bits per heavy atom. The maximum Gasteiger partial charge on any atom is 0.120 e. The molecule has 2 aliphatic heterocycles. The minimum Gasteiger partial charge on any atom is -0.364 e. The fourth-order valence-corrected chi connectivity index (χ4v) is 1.79. The average Bonchev–Trinajstić information content (AvgIpc) is 2.74. The van der Waals surface area contributed by atoms with E-state index >= 15 is 0 Å². The van der Waals surface area contributed by atoms with Crippen LogP contribution in [0.4, 0.5) is 0 Å². The first kappa shape index (κ1) is 8.27. The Balaban J connectivity index is 1.97. The van der Waals surface area contributed by atoms with E-state index in [1.165, 1.54) is 0 Å². The number of rotatable bonds is 2. The van der Waals surface area contributed by atoms with Crippen molar-refractivity contribution >= 4 is 0 Å². The number of epoxide rings is 2. The summed E-state index contributed by atoms with van der Waals surface area (Å²) in [6.45, 7) is 8.34. The molecule has 0 aliphatic carbocycles. The summed E-state index contributed by atoms with van der Waals surface area (Å²) in [6.07, 6.45) is 4.73. The van der Waals surface area contributed by atoms with Crippen LogP contribution >= 0.6 is 0 Å². The van der Waals surface area contributed by atoms with Crippen molar-refractivity contribution in [3.05, 3.63) is 12.2 Å². The molecule has 0 spiro atoms. The standard InChI is InChI=1S/C10H16O2/c1-5-6-10(4)8(12-10)7-9(2,3)11-7/h5-8H,1-4H3. The summed E-state index contributed by atoms with van der Waals surface area (Å²) in [5.74, 6) is 0. The first-order valence-electron chi connectivity index (χ1n) is 4.49. The highest BCUT2D eigenvalue weighted by molar-refractivity contribution is 5.21. The second-order valence-corrected chi connectivity index (χ2v) is 4.36. The van der Waals surface area contributed by atoms with E-state index in [0.29, 0.717) is 6.10 Å². The summed E-state index contributed by atoms with van der Waals surface area (Å²) in [5.41, 5.74) is -0.00278. The Morgan fingerprint density at radius 3 is 2.08 bits per heavy atom. The molecule has 2 nitrogen and oxygen atoms in total. The molecule has 3 unspecified atom stereocenters. The molecule has 0 N–H and O–H groups in total. The summed E-state index contributed by atoms with van der Waals surface area (Å²) in [5, 5.41) is 0. The Labute approximate surface area is 73.5 Å². The SMILES string of the molecule is CC=CC1(C)OC1C1OC1(C)C. The second kappa shape index (κ2) is 2.12. The molecule has 0 radical (unpaired) electrons. The minimum atomic E-state index is -0.0484. The number of hydrogen-bond donors (Lipinski definition) is 0. The van der Waals surface area contributed by atoms with Gasteiger partial charge in [-0.05, 0) is 27.7 Å². The lowest BCUT2D eigenvalue weighted by Gasteiger charge is -1.95. The van der Waals surface area contributed by atoms with Crippen molar-refractivity contribution in [3.8, 4) is 0 Å². The highest BCUT2D eigenvalue weighted by atomic mass is 16.7. The van der Waals surface area contributed by atoms with Gasteiger partial charge in [0.1, 0.15) is 17.8 Å². The Hall–Kier alpha value is -0.340. The molecule has 2 aliphatic rings. The van der Waals surface area contributed by atoms with Gasteiger partial charge in [-0.25, -0.2) is 0 Å². The van der Waals surface area contributed by atoms with Crippen molar-refractivity contribution < 1.29 is 9.47 Å². The third kappa shape index (κ3) is 1.10. The number of allylic oxidation sites excluding steroid dienone is 1. The van der Waals surface area contributed by atoms with Gasteiger partial charge in [-0.3, -0.25) is 0 Å². The zero-order valence-electron chi connectivity index (χ0n) is 8.13. The van der Waals surface area contributed by atoms with Crippen molar-refractivity contribution in [2.75, 3.05) is 0 Å². The molecule has 2 heterocycles. The van der Waals surface area contributed by atoms with E-state index < -0.39 is 0 Å². The van der Waals surface area contributed by atoms with Crippen LogP contribution in [0.1, 0.15) is 27.7 Å². The van der Waals surface area contributed by atoms with Gasteiger partial charge in [-0.1, -0.05) is 12.2 Å². The fourth-order valence-electron chi connectivity index (χ4n) is 1.79. The van der Waals surface area contributed by atoms with Crippen LogP contribution in [0.25, 0.3) is 0 Å². The molecule has 12 heavy (non-hydrogen) atoms. The second-order valence-electron chi connectivity index (χ2n) is 4.36. The maximum absolute atomic E-state index is 5.59. The van der Waals surface area contributed by atoms with Crippen LogP contribution < -0.4 is 0 Å². The van der Waals surface area contributed by atoms with Gasteiger partial charge in [-0.15, -0.1) is 0 Å². The van der Waals surface area contributed by atoms with Crippen molar-refractivity contribution in [1.82, 2.24) is 0 Å². The van der Waals surface area contributed by atoms with Gasteiger partial charge in [0.05, 0.1) is 5.60 Å². The first-order valence-corrected chi connectivity index (χ1v) is 4.49. The smallest absolute Gasteiger partial charge is 0.120 e. The van der Waals surface area contributed by atoms with Crippen molar-refractivity contribution in [3.63, 3.8) is 0 Å². The number of ether oxygens (including phenoxy) is 2. The van der Waals surface area contributed by atoms with Crippen LogP contribution in [-0.4, -0.2) is 23.4 Å². The Kier molecular flexibility index (Phi) is 1.46. The van der Waals surface area contributed by atoms with Gasteiger partial charge in [0.25, 0.3) is 0 Å². The summed E-state index contributed by atoms with van der Waals surface area (Å²) in [7, 11) is 0. The van der Waals surface area contributed by atoms with E-state index in [9.17, 15) is 0 Å². The van der Waals surface area contributed by atoms with Gasteiger partial charge in [-0.2, -0.15) is 0 Å². The molecule has 68 valence electrons. The summed E-state index contributed by atoms with van der Waals surface area (Å²) < 4.78 is 11.1. The Bertz CT molecular complexity index is 232. The quantitative estimate of drug-likeness (QED) is 0.464. The topological polar surface area (TPSA) is 25.1 Å². The predicted molar refractivity (Wildman–Crippen MR) is 47.0 cm³/mol. The fraction of sp³-hybridized carbons (Fsp3) is 0.800. The molecule has 3 atom stereocenters. The third-order valence-corrected chi connectivity index (χ3v) is 2.72. The third-order valence-electron chi connectivity index (χ3n) is 2.72. The largest absolute Gasteiger partial charge is 0.364 e. The molecule has 0 saturated carbocycles. The molecular formula is C10H16O2. The molecule has 0 aromatic heterocycles. The van der Waals surface area contributed by atoms with E-state index in [1.807, 2.05) is 13.0 Å². The summed E-state index contributed by atoms with van der Waals surface area (Å²) in [6, 6.07) is 0. The van der Waals surface area contributed by atoms with Crippen LogP contribution in [0.15, 0.2) is 12.2 Å². The predicted octanol–water partition coefficient (Wildman–Crippen LogP) is 1.90. The lowest BCUT2D eigenvalue weighted by Crippen LogP contribution is -2.16. The lowest BCUT2D eigenvalue weighted by atomic mass is 9.99. The molecule has 2 fully saturated rings. The highest BCUT2D eigenvalue weighted by Gasteiger charge is 2.66. The zero-order chi connectivity index (χ0) is 8.98. The van der Waals surface area contributed by atoms with Crippen molar-refractivity contribution in [2.45, 2.75) is 51.1 Å². The van der Waals surface area contributed by atoms with Gasteiger partial charge >= 0.3 is 0 Å². The van der Waals surface area contributed by atoms with Crippen LogP contribution in [0, 0.1) is 0 Å². The molecule has 2 saturated heterocycles. The zero-order valence-corrected chi connectivity index (χ0v) is 8.13. The normalized spacial score (nSPS) is 49.7. The van der Waals surface area contributed by atoms with Crippen molar-refractivity contribution in [1.29, 1.82) is 0 Å². The molecule has 0 aromatic rings. The summed E-state index contributed by atoms with van der Waals surface area (Å²) >= 11 is 0. The molecule has 2 rings (SSSR count). The lowest BCUT2D eigenvalue weighted by molar-refractivity contribution is 0.287. The summed E-state index contributed by atoms with van der Waals surface area (Å²) in [4.78, 5) is 0. The molecule has 0 aromatic carbocycles. The Morgan fingerprint density at radius 1 is 1.08 bits per heavy atom. The van der Waals surface area contributed by atoms with Crippen molar-refractivity contribution in [2.24, 2.45) is 0 Å². The van der Waals surface area contributed by atoms with Crippen LogP contribution in [-0.2, 0) is 9.47 Å². The van der Waals surface area contributed by atoms with E-state index in [-0.39, 0.29) is 17.3 Å². The minimum absolute atomic E-state index is 0.0456. The van der Waals surface area contributed by atoms with E-state index in [2.05, 4.69) is 26.8 Å². The molecular weight excluding hydrogens is 152 g/mol. The van der Waals surface area contributed by atoms with Crippen LogP contribution in [0.3, 0.4) is 0 Å². The first-order chi connectivity index (χ1) is 5.49.